The van der Waals surface area contributed by atoms with Crippen LogP contribution >= 0.6 is 9.24 Å². The van der Waals surface area contributed by atoms with Crippen LogP contribution in [-0.4, -0.2) is 6.16 Å². The molecule has 0 unspecified atom stereocenters. The fraction of sp³-hybridized carbons (Fsp3) is 1.00. The Balaban J connectivity index is 1.98. The first-order valence-corrected chi connectivity index (χ1v) is 4.79. The lowest BCUT2D eigenvalue weighted by Crippen LogP contribution is -1.92. The lowest BCUT2D eigenvalue weighted by atomic mass is 10.0. The van der Waals surface area contributed by atoms with E-state index in [9.17, 15) is 0 Å². The summed E-state index contributed by atoms with van der Waals surface area (Å²) < 4.78 is 0. The van der Waals surface area contributed by atoms with Gasteiger partial charge in [-0.25, -0.2) is 0 Å². The lowest BCUT2D eigenvalue weighted by molar-refractivity contribution is 0.499. The minimum Gasteiger partial charge on any atom is -0.0992 e. The Kier molecular flexibility index (Phi) is 3.58. The van der Waals surface area contributed by atoms with E-state index in [1.807, 2.05) is 0 Å². The minimum absolute atomic E-state index is 1.08. The first-order valence-electron chi connectivity index (χ1n) is 4.08. The molecule has 1 heteroatoms. The van der Waals surface area contributed by atoms with E-state index in [1.54, 1.807) is 0 Å². The highest BCUT2D eigenvalue weighted by molar-refractivity contribution is 7.16. The van der Waals surface area contributed by atoms with E-state index in [0.29, 0.717) is 0 Å². The molecule has 1 rings (SSSR count). The molecule has 0 heterocycles. The van der Waals surface area contributed by atoms with Crippen molar-refractivity contribution in [1.29, 1.82) is 0 Å². The molecular formula is C8H16P. The lowest BCUT2D eigenvalue weighted by Gasteiger charge is -2.05. The third-order valence-corrected chi connectivity index (χ3v) is 2.62. The molecule has 0 spiro atoms. The summed E-state index contributed by atoms with van der Waals surface area (Å²) in [7, 11) is 3.50. The molecule has 9 heavy (non-hydrogen) atoms. The summed E-state index contributed by atoms with van der Waals surface area (Å²) in [4.78, 5) is 0. The third kappa shape index (κ3) is 2.67. The second kappa shape index (κ2) is 4.28. The van der Waals surface area contributed by atoms with Gasteiger partial charge in [-0.3, -0.25) is 0 Å². The van der Waals surface area contributed by atoms with E-state index in [0.717, 1.165) is 5.92 Å². The molecule has 0 amide bonds. The number of hydrogen-bond donors (Lipinski definition) is 0. The second-order valence-corrected chi connectivity index (χ2v) is 3.54. The summed E-state index contributed by atoms with van der Waals surface area (Å²) in [6.07, 6.45) is 10.0. The molecule has 0 aromatic rings. The maximum Gasteiger partial charge on any atom is -0.0317 e. The molecule has 0 nitrogen and oxygen atoms in total. The molecule has 0 bridgehead atoms. The summed E-state index contributed by atoms with van der Waals surface area (Å²) in [5.41, 5.74) is 0. The van der Waals surface area contributed by atoms with Crippen molar-refractivity contribution in [2.75, 3.05) is 6.16 Å². The highest BCUT2D eigenvalue weighted by Crippen LogP contribution is 2.28. The van der Waals surface area contributed by atoms with Crippen molar-refractivity contribution in [3.05, 3.63) is 0 Å². The van der Waals surface area contributed by atoms with Gasteiger partial charge in [0.05, 0.1) is 0 Å². The molecule has 53 valence electrons. The zero-order valence-electron chi connectivity index (χ0n) is 6.03. The predicted molar refractivity (Wildman–Crippen MR) is 44.4 cm³/mol. The van der Waals surface area contributed by atoms with Crippen LogP contribution in [0.3, 0.4) is 0 Å². The molecule has 1 aliphatic rings. The van der Waals surface area contributed by atoms with Gasteiger partial charge in [-0.2, -0.15) is 0 Å². The Morgan fingerprint density at radius 1 is 1.22 bits per heavy atom. The fourth-order valence-electron chi connectivity index (χ4n) is 1.69. The van der Waals surface area contributed by atoms with Crippen LogP contribution in [0, 0.1) is 5.92 Å². The van der Waals surface area contributed by atoms with Crippen LogP contribution in [0.25, 0.3) is 0 Å². The average Bonchev–Trinajstić information content (AvgIpc) is 2.34. The third-order valence-electron chi connectivity index (χ3n) is 2.26. The minimum atomic E-state index is 1.08. The fourth-order valence-corrected chi connectivity index (χ4v) is 1.89. The van der Waals surface area contributed by atoms with Crippen LogP contribution in [-0.2, 0) is 0 Å². The van der Waals surface area contributed by atoms with Crippen molar-refractivity contribution in [3.63, 3.8) is 0 Å². The van der Waals surface area contributed by atoms with Crippen molar-refractivity contribution in [1.82, 2.24) is 0 Å². The normalized spacial score (nSPS) is 21.0. The molecule has 0 aliphatic heterocycles. The van der Waals surface area contributed by atoms with Crippen LogP contribution in [0.1, 0.15) is 38.5 Å². The molecule has 1 fully saturated rings. The smallest absolute Gasteiger partial charge is 0.0317 e. The zero-order chi connectivity index (χ0) is 6.53. The SMILES string of the molecule is [PH]CCCC1CCCC1. The highest BCUT2D eigenvalue weighted by atomic mass is 31.0. The molecule has 0 aromatic heterocycles. The zero-order valence-corrected chi connectivity index (χ0v) is 7.03. The Labute approximate surface area is 60.6 Å². The van der Waals surface area contributed by atoms with Gasteiger partial charge in [0.15, 0.2) is 0 Å². The van der Waals surface area contributed by atoms with E-state index in [2.05, 4.69) is 9.24 Å². The standard InChI is InChI=1S/C8H16P/c9-7-3-6-8-4-1-2-5-8/h8-9H,1-7H2. The predicted octanol–water partition coefficient (Wildman–Crippen LogP) is 3.10. The van der Waals surface area contributed by atoms with Gasteiger partial charge in [0, 0.05) is 0 Å². The van der Waals surface area contributed by atoms with Gasteiger partial charge >= 0.3 is 0 Å². The van der Waals surface area contributed by atoms with Crippen molar-refractivity contribution in [3.8, 4) is 0 Å². The van der Waals surface area contributed by atoms with Gasteiger partial charge < -0.3 is 0 Å². The topological polar surface area (TPSA) is 0 Å². The Bertz CT molecular complexity index is 65.0. The summed E-state index contributed by atoms with van der Waals surface area (Å²) >= 11 is 0. The van der Waals surface area contributed by atoms with Gasteiger partial charge in [-0.1, -0.05) is 41.3 Å². The Hall–Kier alpha value is 0.430. The van der Waals surface area contributed by atoms with Crippen LogP contribution < -0.4 is 0 Å². The van der Waals surface area contributed by atoms with Crippen LogP contribution in [0.5, 0.6) is 0 Å². The first kappa shape index (κ1) is 7.54. The van der Waals surface area contributed by atoms with Crippen molar-refractivity contribution < 1.29 is 0 Å². The maximum absolute atomic E-state index is 3.50. The Morgan fingerprint density at radius 2 is 1.89 bits per heavy atom. The van der Waals surface area contributed by atoms with Crippen LogP contribution in [0.2, 0.25) is 0 Å². The molecular weight excluding hydrogens is 127 g/mol. The van der Waals surface area contributed by atoms with Crippen LogP contribution in [0.15, 0.2) is 0 Å². The summed E-state index contributed by atoms with van der Waals surface area (Å²) in [5, 5.41) is 0. The number of rotatable bonds is 3. The van der Waals surface area contributed by atoms with Gasteiger partial charge in [0.25, 0.3) is 0 Å². The highest BCUT2D eigenvalue weighted by Gasteiger charge is 2.13. The molecule has 0 aromatic carbocycles. The van der Waals surface area contributed by atoms with Gasteiger partial charge in [0.1, 0.15) is 0 Å². The van der Waals surface area contributed by atoms with E-state index >= 15 is 0 Å². The Morgan fingerprint density at radius 3 is 2.44 bits per heavy atom. The molecule has 1 aliphatic carbocycles. The first-order chi connectivity index (χ1) is 4.43. The largest absolute Gasteiger partial charge is 0.0992 e. The van der Waals surface area contributed by atoms with Gasteiger partial charge in [-0.15, -0.1) is 0 Å². The monoisotopic (exact) mass is 143 g/mol. The van der Waals surface area contributed by atoms with E-state index in [1.165, 1.54) is 44.7 Å². The molecule has 1 saturated carbocycles. The van der Waals surface area contributed by atoms with Gasteiger partial charge in [0.2, 0.25) is 0 Å². The summed E-state index contributed by atoms with van der Waals surface area (Å²) in [6.45, 7) is 0. The average molecular weight is 143 g/mol. The van der Waals surface area contributed by atoms with Gasteiger partial charge in [-0.05, 0) is 18.5 Å². The molecule has 0 saturated heterocycles. The van der Waals surface area contributed by atoms with Crippen molar-refractivity contribution in [2.45, 2.75) is 38.5 Å². The summed E-state index contributed by atoms with van der Waals surface area (Å²) in [5.74, 6) is 1.08. The van der Waals surface area contributed by atoms with Crippen LogP contribution in [0.4, 0.5) is 0 Å². The van der Waals surface area contributed by atoms with Crippen molar-refractivity contribution in [2.24, 2.45) is 5.92 Å². The molecule has 1 radical (unpaired) electrons. The van der Waals surface area contributed by atoms with E-state index in [4.69, 9.17) is 0 Å². The van der Waals surface area contributed by atoms with Crippen molar-refractivity contribution >= 4 is 9.24 Å². The maximum atomic E-state index is 3.50. The summed E-state index contributed by atoms with van der Waals surface area (Å²) in [6, 6.07) is 0. The molecule has 0 N–H and O–H groups in total. The second-order valence-electron chi connectivity index (χ2n) is 3.04. The van der Waals surface area contributed by atoms with E-state index in [-0.39, 0.29) is 0 Å². The molecule has 0 atom stereocenters. The quantitative estimate of drug-likeness (QED) is 0.532. The van der Waals surface area contributed by atoms with E-state index < -0.39 is 0 Å². The number of hydrogen-bond acceptors (Lipinski definition) is 0.